The molecule has 0 aliphatic heterocycles. The van der Waals surface area contributed by atoms with E-state index in [1.54, 1.807) is 0 Å². The second-order valence-corrected chi connectivity index (χ2v) is 7.74. The largest absolute Gasteiger partial charge is 0.481 e. The number of hydrogen-bond acceptors (Lipinski definition) is 5. The molecule has 2 N–H and O–H groups in total. The molecule has 8 heteroatoms. The number of nitrogens with one attached hydrogen (secondary N) is 2. The van der Waals surface area contributed by atoms with Crippen LogP contribution in [0.15, 0.2) is 65.7 Å². The number of nitrogens with zero attached hydrogens (tertiary/aromatic N) is 1. The lowest BCUT2D eigenvalue weighted by Gasteiger charge is -2.15. The molecule has 0 spiro atoms. The quantitative estimate of drug-likeness (QED) is 0.627. The zero-order chi connectivity index (χ0) is 20.1. The SMILES string of the molecule is COc1ccc(NS(=O)(=O)c2cccc(F)c2NCc2ccccc2C)cn1. The average molecular weight is 401 g/mol. The zero-order valence-electron chi connectivity index (χ0n) is 15.4. The van der Waals surface area contributed by atoms with Crippen molar-refractivity contribution in [3.05, 3.63) is 77.7 Å². The molecule has 146 valence electrons. The number of aromatic nitrogens is 1. The summed E-state index contributed by atoms with van der Waals surface area (Å²) in [5.74, 6) is -0.293. The van der Waals surface area contributed by atoms with Crippen molar-refractivity contribution in [1.29, 1.82) is 0 Å². The number of halogens is 1. The molecule has 3 rings (SSSR count). The lowest BCUT2D eigenvalue weighted by Crippen LogP contribution is -2.16. The molecule has 1 heterocycles. The number of benzene rings is 2. The summed E-state index contributed by atoms with van der Waals surface area (Å²) in [5.41, 5.74) is 2.13. The number of rotatable bonds is 7. The Kier molecular flexibility index (Phi) is 5.79. The van der Waals surface area contributed by atoms with Gasteiger partial charge in [-0.05, 0) is 36.2 Å². The van der Waals surface area contributed by atoms with Gasteiger partial charge in [0.05, 0.1) is 24.7 Å². The van der Waals surface area contributed by atoms with E-state index in [2.05, 4.69) is 15.0 Å². The van der Waals surface area contributed by atoms with Crippen LogP contribution in [0, 0.1) is 12.7 Å². The highest BCUT2D eigenvalue weighted by atomic mass is 32.2. The van der Waals surface area contributed by atoms with Gasteiger partial charge in [0.25, 0.3) is 10.0 Å². The van der Waals surface area contributed by atoms with Crippen molar-refractivity contribution in [1.82, 2.24) is 4.98 Å². The van der Waals surface area contributed by atoms with E-state index >= 15 is 0 Å². The summed E-state index contributed by atoms with van der Waals surface area (Å²) in [6.45, 7) is 2.23. The van der Waals surface area contributed by atoms with Gasteiger partial charge in [-0.1, -0.05) is 30.3 Å². The monoisotopic (exact) mass is 401 g/mol. The number of methoxy groups -OCH3 is 1. The third-order valence-electron chi connectivity index (χ3n) is 4.18. The molecule has 0 radical (unpaired) electrons. The van der Waals surface area contributed by atoms with E-state index in [1.165, 1.54) is 43.6 Å². The number of hydrogen-bond donors (Lipinski definition) is 2. The van der Waals surface area contributed by atoms with Crippen LogP contribution in [0.2, 0.25) is 0 Å². The third kappa shape index (κ3) is 4.40. The van der Waals surface area contributed by atoms with Crippen LogP contribution < -0.4 is 14.8 Å². The second-order valence-electron chi connectivity index (χ2n) is 6.09. The van der Waals surface area contributed by atoms with Gasteiger partial charge in [-0.25, -0.2) is 17.8 Å². The predicted molar refractivity (Wildman–Crippen MR) is 107 cm³/mol. The van der Waals surface area contributed by atoms with Gasteiger partial charge in [0.2, 0.25) is 5.88 Å². The maximum atomic E-state index is 14.4. The van der Waals surface area contributed by atoms with Gasteiger partial charge in [0, 0.05) is 12.6 Å². The highest BCUT2D eigenvalue weighted by Crippen LogP contribution is 2.27. The molecule has 0 saturated heterocycles. The zero-order valence-corrected chi connectivity index (χ0v) is 16.3. The van der Waals surface area contributed by atoms with Crippen molar-refractivity contribution in [2.75, 3.05) is 17.1 Å². The molecule has 0 fully saturated rings. The first-order chi connectivity index (χ1) is 13.4. The van der Waals surface area contributed by atoms with Crippen molar-refractivity contribution in [2.45, 2.75) is 18.4 Å². The Balaban J connectivity index is 1.88. The standard InChI is InChI=1S/C20H20FN3O3S/c1-14-6-3-4-7-15(14)12-23-20-17(21)8-5-9-18(20)28(25,26)24-16-10-11-19(27-2)22-13-16/h3-11,13,23-24H,12H2,1-2H3. The average Bonchev–Trinajstić information content (AvgIpc) is 2.68. The van der Waals surface area contributed by atoms with Crippen LogP contribution in [-0.2, 0) is 16.6 Å². The predicted octanol–water partition coefficient (Wildman–Crippen LogP) is 3.95. The Bertz CT molecular complexity index is 1070. The molecule has 0 unspecified atom stereocenters. The fourth-order valence-corrected chi connectivity index (χ4v) is 3.90. The first-order valence-electron chi connectivity index (χ1n) is 8.50. The molecule has 0 aliphatic carbocycles. The molecule has 0 amide bonds. The van der Waals surface area contributed by atoms with E-state index in [4.69, 9.17) is 4.74 Å². The van der Waals surface area contributed by atoms with E-state index in [0.29, 0.717) is 12.4 Å². The van der Waals surface area contributed by atoms with E-state index in [1.807, 2.05) is 31.2 Å². The normalized spacial score (nSPS) is 11.1. The van der Waals surface area contributed by atoms with Crippen LogP contribution in [-0.4, -0.2) is 20.5 Å². The Morgan fingerprint density at radius 2 is 1.86 bits per heavy atom. The number of aryl methyl sites for hydroxylation is 1. The minimum absolute atomic E-state index is 0.0836. The number of para-hydroxylation sites is 1. The molecule has 2 aromatic carbocycles. The minimum Gasteiger partial charge on any atom is -0.481 e. The summed E-state index contributed by atoms with van der Waals surface area (Å²) >= 11 is 0. The second kappa shape index (κ2) is 8.26. The van der Waals surface area contributed by atoms with Crippen LogP contribution in [0.25, 0.3) is 0 Å². The van der Waals surface area contributed by atoms with Gasteiger partial charge >= 0.3 is 0 Å². The molecule has 3 aromatic rings. The maximum absolute atomic E-state index is 14.4. The van der Waals surface area contributed by atoms with Gasteiger partial charge in [0.1, 0.15) is 10.7 Å². The van der Waals surface area contributed by atoms with E-state index in [9.17, 15) is 12.8 Å². The molecule has 0 saturated carbocycles. The van der Waals surface area contributed by atoms with Crippen molar-refractivity contribution >= 4 is 21.4 Å². The van der Waals surface area contributed by atoms with Crippen molar-refractivity contribution < 1.29 is 17.5 Å². The van der Waals surface area contributed by atoms with Crippen molar-refractivity contribution in [3.8, 4) is 5.88 Å². The first-order valence-corrected chi connectivity index (χ1v) is 9.99. The third-order valence-corrected chi connectivity index (χ3v) is 5.60. The lowest BCUT2D eigenvalue weighted by atomic mass is 10.1. The Hall–Kier alpha value is -3.13. The lowest BCUT2D eigenvalue weighted by molar-refractivity contribution is 0.398. The first kappa shape index (κ1) is 19.6. The van der Waals surface area contributed by atoms with Crippen molar-refractivity contribution in [3.63, 3.8) is 0 Å². The van der Waals surface area contributed by atoms with E-state index in [-0.39, 0.29) is 16.3 Å². The van der Waals surface area contributed by atoms with E-state index < -0.39 is 15.8 Å². The Morgan fingerprint density at radius 1 is 1.07 bits per heavy atom. The molecule has 28 heavy (non-hydrogen) atoms. The topological polar surface area (TPSA) is 80.3 Å². The van der Waals surface area contributed by atoms with E-state index in [0.717, 1.165) is 11.1 Å². The molecule has 0 atom stereocenters. The summed E-state index contributed by atoms with van der Waals surface area (Å²) in [7, 11) is -2.57. The van der Waals surface area contributed by atoms with Gasteiger partial charge in [-0.3, -0.25) is 4.72 Å². The van der Waals surface area contributed by atoms with Crippen LogP contribution in [0.5, 0.6) is 5.88 Å². The summed E-state index contributed by atoms with van der Waals surface area (Å²) in [6.07, 6.45) is 1.33. The molecule has 6 nitrogen and oxygen atoms in total. The van der Waals surface area contributed by atoms with Gasteiger partial charge < -0.3 is 10.1 Å². The smallest absolute Gasteiger partial charge is 0.264 e. The van der Waals surface area contributed by atoms with Crippen molar-refractivity contribution in [2.24, 2.45) is 0 Å². The fourth-order valence-electron chi connectivity index (χ4n) is 2.66. The van der Waals surface area contributed by atoms with Gasteiger partial charge in [-0.2, -0.15) is 0 Å². The molecular formula is C20H20FN3O3S. The molecule has 1 aromatic heterocycles. The summed E-state index contributed by atoms with van der Waals surface area (Å²) in [6, 6.07) is 14.6. The van der Waals surface area contributed by atoms with Crippen LogP contribution >= 0.6 is 0 Å². The van der Waals surface area contributed by atoms with Crippen LogP contribution in [0.4, 0.5) is 15.8 Å². The number of pyridine rings is 1. The maximum Gasteiger partial charge on any atom is 0.264 e. The molecule has 0 aliphatic rings. The highest BCUT2D eigenvalue weighted by molar-refractivity contribution is 7.92. The number of ether oxygens (including phenoxy) is 1. The summed E-state index contributed by atoms with van der Waals surface area (Å²) < 4.78 is 47.5. The number of anilines is 2. The Morgan fingerprint density at radius 3 is 2.54 bits per heavy atom. The van der Waals surface area contributed by atoms with Gasteiger partial charge in [0.15, 0.2) is 0 Å². The minimum atomic E-state index is -4.03. The fraction of sp³-hybridized carbons (Fsp3) is 0.150. The Labute approximate surface area is 163 Å². The van der Waals surface area contributed by atoms with Crippen LogP contribution in [0.3, 0.4) is 0 Å². The highest BCUT2D eigenvalue weighted by Gasteiger charge is 2.21. The molecular weight excluding hydrogens is 381 g/mol. The molecule has 0 bridgehead atoms. The summed E-state index contributed by atoms with van der Waals surface area (Å²) in [4.78, 5) is 3.78. The number of sulfonamides is 1. The van der Waals surface area contributed by atoms with Gasteiger partial charge in [-0.15, -0.1) is 0 Å². The van der Waals surface area contributed by atoms with Crippen LogP contribution in [0.1, 0.15) is 11.1 Å². The summed E-state index contributed by atoms with van der Waals surface area (Å²) in [5, 5.41) is 2.92.